The molecule has 3 N–H and O–H groups in total. The van der Waals surface area contributed by atoms with E-state index in [4.69, 9.17) is 5.73 Å². The topological polar surface area (TPSA) is 75.4 Å². The average Bonchev–Trinajstić information content (AvgIpc) is 2.99. The Morgan fingerprint density at radius 3 is 2.83 bits per heavy atom. The number of hydrogen-bond acceptors (Lipinski definition) is 3. The maximum Gasteiger partial charge on any atom is 0.227 e. The Kier molecular flexibility index (Phi) is 6.79. The first kappa shape index (κ1) is 18.5. The normalized spacial score (nSPS) is 18.7. The standard InChI is InChI=1S/C19H29N3O2/c1-3-14(2)16-8-4-5-9-17(16)22-13-15(12-18(22)23)19(24)21-11-7-6-10-20/h4-5,8-9,14-15H,3,6-7,10-13,20H2,1-2H3,(H,21,24). The van der Waals surface area contributed by atoms with Gasteiger partial charge in [0.2, 0.25) is 11.8 Å². The molecule has 1 fully saturated rings. The van der Waals surface area contributed by atoms with Gasteiger partial charge in [0.1, 0.15) is 0 Å². The zero-order valence-electron chi connectivity index (χ0n) is 14.8. The molecule has 1 saturated heterocycles. The van der Waals surface area contributed by atoms with Crippen LogP contribution in [0.3, 0.4) is 0 Å². The molecule has 0 saturated carbocycles. The number of hydrogen-bond donors (Lipinski definition) is 2. The van der Waals surface area contributed by atoms with Crippen molar-refractivity contribution in [1.82, 2.24) is 5.32 Å². The fraction of sp³-hybridized carbons (Fsp3) is 0.579. The summed E-state index contributed by atoms with van der Waals surface area (Å²) in [4.78, 5) is 26.5. The molecule has 2 amide bonds. The molecule has 0 radical (unpaired) electrons. The highest BCUT2D eigenvalue weighted by Gasteiger charge is 2.35. The van der Waals surface area contributed by atoms with Gasteiger partial charge in [-0.3, -0.25) is 9.59 Å². The summed E-state index contributed by atoms with van der Waals surface area (Å²) in [7, 11) is 0. The fourth-order valence-corrected chi connectivity index (χ4v) is 3.11. The summed E-state index contributed by atoms with van der Waals surface area (Å²) >= 11 is 0. The highest BCUT2D eigenvalue weighted by Crippen LogP contribution is 2.33. The molecule has 1 heterocycles. The third-order valence-corrected chi connectivity index (χ3v) is 4.80. The van der Waals surface area contributed by atoms with E-state index in [1.54, 1.807) is 4.90 Å². The fourth-order valence-electron chi connectivity index (χ4n) is 3.11. The van der Waals surface area contributed by atoms with Crippen molar-refractivity contribution in [3.05, 3.63) is 29.8 Å². The van der Waals surface area contributed by atoms with Crippen molar-refractivity contribution in [2.24, 2.45) is 11.7 Å². The number of benzene rings is 1. The molecule has 2 rings (SSSR count). The minimum absolute atomic E-state index is 0.0242. The van der Waals surface area contributed by atoms with E-state index in [1.165, 1.54) is 5.56 Å². The second-order valence-corrected chi connectivity index (χ2v) is 6.56. The Morgan fingerprint density at radius 1 is 1.38 bits per heavy atom. The first-order valence-corrected chi connectivity index (χ1v) is 8.95. The van der Waals surface area contributed by atoms with Crippen LogP contribution in [0.25, 0.3) is 0 Å². The van der Waals surface area contributed by atoms with Crippen LogP contribution in [-0.2, 0) is 9.59 Å². The van der Waals surface area contributed by atoms with Crippen LogP contribution in [-0.4, -0.2) is 31.4 Å². The number of amides is 2. The molecular formula is C19H29N3O2. The van der Waals surface area contributed by atoms with E-state index in [9.17, 15) is 9.59 Å². The highest BCUT2D eigenvalue weighted by atomic mass is 16.2. The predicted molar refractivity (Wildman–Crippen MR) is 96.9 cm³/mol. The van der Waals surface area contributed by atoms with Crippen LogP contribution in [0.15, 0.2) is 24.3 Å². The van der Waals surface area contributed by atoms with Gasteiger partial charge in [0.05, 0.1) is 5.92 Å². The smallest absolute Gasteiger partial charge is 0.227 e. The van der Waals surface area contributed by atoms with E-state index in [0.29, 0.717) is 25.6 Å². The Hall–Kier alpha value is -1.88. The van der Waals surface area contributed by atoms with Gasteiger partial charge in [-0.2, -0.15) is 0 Å². The van der Waals surface area contributed by atoms with Crippen molar-refractivity contribution in [2.45, 2.75) is 45.4 Å². The van der Waals surface area contributed by atoms with E-state index in [2.05, 4.69) is 25.2 Å². The number of nitrogens with zero attached hydrogens (tertiary/aromatic N) is 1. The van der Waals surface area contributed by atoms with Gasteiger partial charge in [-0.15, -0.1) is 0 Å². The first-order chi connectivity index (χ1) is 11.6. The quantitative estimate of drug-likeness (QED) is 0.718. The molecule has 0 aliphatic carbocycles. The summed E-state index contributed by atoms with van der Waals surface area (Å²) in [6, 6.07) is 8.03. The molecule has 132 valence electrons. The zero-order valence-corrected chi connectivity index (χ0v) is 14.8. The van der Waals surface area contributed by atoms with Gasteiger partial charge < -0.3 is 16.0 Å². The number of carbonyl (C=O) groups is 2. The lowest BCUT2D eigenvalue weighted by atomic mass is 9.96. The molecule has 1 aromatic rings. The first-order valence-electron chi connectivity index (χ1n) is 8.95. The van der Waals surface area contributed by atoms with Gasteiger partial charge >= 0.3 is 0 Å². The number of unbranched alkanes of at least 4 members (excludes halogenated alkanes) is 1. The van der Waals surface area contributed by atoms with Crippen LogP contribution >= 0.6 is 0 Å². The third kappa shape index (κ3) is 4.35. The van der Waals surface area contributed by atoms with Crippen molar-refractivity contribution in [3.8, 4) is 0 Å². The van der Waals surface area contributed by atoms with Crippen molar-refractivity contribution < 1.29 is 9.59 Å². The van der Waals surface area contributed by atoms with Crippen LogP contribution in [0, 0.1) is 5.92 Å². The Bertz CT molecular complexity index is 573. The Labute approximate surface area is 144 Å². The molecule has 1 aliphatic heterocycles. The van der Waals surface area contributed by atoms with Gasteiger partial charge in [0.25, 0.3) is 0 Å². The summed E-state index contributed by atoms with van der Waals surface area (Å²) in [5, 5.41) is 2.93. The van der Waals surface area contributed by atoms with E-state index >= 15 is 0 Å². The lowest BCUT2D eigenvalue weighted by Gasteiger charge is -2.23. The average molecular weight is 331 g/mol. The number of anilines is 1. The van der Waals surface area contributed by atoms with Gasteiger partial charge in [0, 0.05) is 25.2 Å². The molecular weight excluding hydrogens is 302 g/mol. The molecule has 0 aromatic heterocycles. The molecule has 0 spiro atoms. The van der Waals surface area contributed by atoms with Crippen LogP contribution < -0.4 is 16.0 Å². The minimum Gasteiger partial charge on any atom is -0.356 e. The van der Waals surface area contributed by atoms with Crippen LogP contribution in [0.1, 0.15) is 51.0 Å². The van der Waals surface area contributed by atoms with Crippen LogP contribution in [0.5, 0.6) is 0 Å². The molecule has 2 atom stereocenters. The second kappa shape index (κ2) is 8.83. The number of para-hydroxylation sites is 1. The summed E-state index contributed by atoms with van der Waals surface area (Å²) in [5.74, 6) is 0.134. The van der Waals surface area contributed by atoms with Crippen LogP contribution in [0.4, 0.5) is 5.69 Å². The van der Waals surface area contributed by atoms with Gasteiger partial charge in [-0.05, 0) is 43.4 Å². The SMILES string of the molecule is CCC(C)c1ccccc1N1CC(C(=O)NCCCCN)CC1=O. The highest BCUT2D eigenvalue weighted by molar-refractivity contribution is 6.00. The van der Waals surface area contributed by atoms with Gasteiger partial charge in [-0.1, -0.05) is 32.0 Å². The van der Waals surface area contributed by atoms with Gasteiger partial charge in [-0.25, -0.2) is 0 Å². The summed E-state index contributed by atoms with van der Waals surface area (Å²) in [6.07, 6.45) is 3.09. The van der Waals surface area contributed by atoms with E-state index in [-0.39, 0.29) is 24.2 Å². The predicted octanol–water partition coefficient (Wildman–Crippen LogP) is 2.41. The lowest BCUT2D eigenvalue weighted by Crippen LogP contribution is -2.33. The molecule has 2 unspecified atom stereocenters. The van der Waals surface area contributed by atoms with E-state index in [1.807, 2.05) is 18.2 Å². The van der Waals surface area contributed by atoms with E-state index < -0.39 is 0 Å². The number of nitrogens with two attached hydrogens (primary N) is 1. The maximum absolute atomic E-state index is 12.5. The molecule has 5 heteroatoms. The Balaban J connectivity index is 2.04. The zero-order chi connectivity index (χ0) is 17.5. The molecule has 1 aliphatic rings. The summed E-state index contributed by atoms with van der Waals surface area (Å²) < 4.78 is 0. The number of rotatable bonds is 8. The largest absolute Gasteiger partial charge is 0.356 e. The third-order valence-electron chi connectivity index (χ3n) is 4.80. The van der Waals surface area contributed by atoms with Gasteiger partial charge in [0.15, 0.2) is 0 Å². The Morgan fingerprint density at radius 2 is 2.12 bits per heavy atom. The summed E-state index contributed by atoms with van der Waals surface area (Å²) in [5.41, 5.74) is 7.59. The van der Waals surface area contributed by atoms with E-state index in [0.717, 1.165) is 24.9 Å². The monoisotopic (exact) mass is 331 g/mol. The van der Waals surface area contributed by atoms with Crippen LogP contribution in [0.2, 0.25) is 0 Å². The van der Waals surface area contributed by atoms with Crippen molar-refractivity contribution >= 4 is 17.5 Å². The summed E-state index contributed by atoms with van der Waals surface area (Å²) in [6.45, 7) is 6.04. The molecule has 0 bridgehead atoms. The lowest BCUT2D eigenvalue weighted by molar-refractivity contribution is -0.126. The number of carbonyl (C=O) groups excluding carboxylic acids is 2. The molecule has 1 aromatic carbocycles. The molecule has 24 heavy (non-hydrogen) atoms. The van der Waals surface area contributed by atoms with Crippen molar-refractivity contribution in [1.29, 1.82) is 0 Å². The van der Waals surface area contributed by atoms with Crippen molar-refractivity contribution in [2.75, 3.05) is 24.5 Å². The second-order valence-electron chi connectivity index (χ2n) is 6.56. The number of nitrogens with one attached hydrogen (secondary N) is 1. The minimum atomic E-state index is -0.264. The molecule has 5 nitrogen and oxygen atoms in total. The van der Waals surface area contributed by atoms with Crippen molar-refractivity contribution in [3.63, 3.8) is 0 Å². The maximum atomic E-state index is 12.5.